The van der Waals surface area contributed by atoms with Gasteiger partial charge in [0.2, 0.25) is 0 Å². The van der Waals surface area contributed by atoms with Gasteiger partial charge in [-0.15, -0.1) is 0 Å². The average Bonchev–Trinajstić information content (AvgIpc) is 2.37. The first-order valence-electron chi connectivity index (χ1n) is 6.32. The van der Waals surface area contributed by atoms with Crippen molar-refractivity contribution in [3.63, 3.8) is 0 Å². The number of hydrogen-bond donors (Lipinski definition) is 0. The maximum absolute atomic E-state index is 9.18. The number of nitrogens with zero attached hydrogens (tertiary/aromatic N) is 3. The molecule has 0 aliphatic carbocycles. The summed E-state index contributed by atoms with van der Waals surface area (Å²) in [6.45, 7) is 6.00. The maximum atomic E-state index is 9.18. The molecule has 102 valence electrons. The van der Waals surface area contributed by atoms with Crippen LogP contribution in [0, 0.1) is 11.3 Å². The third-order valence-electron chi connectivity index (χ3n) is 3.04. The van der Waals surface area contributed by atoms with E-state index in [2.05, 4.69) is 16.0 Å². The summed E-state index contributed by atoms with van der Waals surface area (Å²) in [7, 11) is 1.66. The third-order valence-corrected chi connectivity index (χ3v) is 3.04. The Labute approximate surface area is 113 Å². The van der Waals surface area contributed by atoms with Gasteiger partial charge < -0.3 is 14.4 Å². The molecule has 0 amide bonds. The van der Waals surface area contributed by atoms with Crippen LogP contribution in [0.1, 0.15) is 19.4 Å². The van der Waals surface area contributed by atoms with Crippen molar-refractivity contribution in [2.24, 2.45) is 0 Å². The van der Waals surface area contributed by atoms with Gasteiger partial charge in [0.1, 0.15) is 11.9 Å². The molecule has 0 radical (unpaired) electrons. The van der Waals surface area contributed by atoms with E-state index in [0.717, 1.165) is 5.82 Å². The van der Waals surface area contributed by atoms with Crippen molar-refractivity contribution in [2.45, 2.75) is 25.6 Å². The quantitative estimate of drug-likeness (QED) is 0.827. The van der Waals surface area contributed by atoms with Gasteiger partial charge in [-0.3, -0.25) is 0 Å². The second kappa shape index (κ2) is 5.55. The predicted molar refractivity (Wildman–Crippen MR) is 72.0 cm³/mol. The molecule has 19 heavy (non-hydrogen) atoms. The average molecular weight is 261 g/mol. The van der Waals surface area contributed by atoms with E-state index < -0.39 is 0 Å². The van der Waals surface area contributed by atoms with E-state index in [1.807, 2.05) is 13.8 Å². The number of nitriles is 1. The van der Waals surface area contributed by atoms with Crippen LogP contribution < -0.4 is 4.90 Å². The van der Waals surface area contributed by atoms with E-state index in [1.165, 1.54) is 0 Å². The highest BCUT2D eigenvalue weighted by atomic mass is 16.5. The number of rotatable bonds is 3. The summed E-state index contributed by atoms with van der Waals surface area (Å²) in [5.74, 6) is 0.725. The molecule has 0 spiro atoms. The number of anilines is 1. The number of morpholine rings is 1. The number of hydrogen-bond acceptors (Lipinski definition) is 5. The van der Waals surface area contributed by atoms with Crippen LogP contribution in [-0.4, -0.2) is 43.5 Å². The maximum Gasteiger partial charge on any atom is 0.146 e. The van der Waals surface area contributed by atoms with E-state index in [4.69, 9.17) is 9.47 Å². The molecule has 0 unspecified atom stereocenters. The molecule has 0 N–H and O–H groups in total. The lowest BCUT2D eigenvalue weighted by Crippen LogP contribution is -2.54. The Kier molecular flexibility index (Phi) is 4.03. The summed E-state index contributed by atoms with van der Waals surface area (Å²) >= 11 is 0. The molecular weight excluding hydrogens is 242 g/mol. The van der Waals surface area contributed by atoms with Gasteiger partial charge in [-0.2, -0.15) is 5.26 Å². The van der Waals surface area contributed by atoms with Gasteiger partial charge in [0.05, 0.1) is 23.9 Å². The first-order chi connectivity index (χ1) is 9.05. The van der Waals surface area contributed by atoms with Crippen LogP contribution in [0.3, 0.4) is 0 Å². The van der Waals surface area contributed by atoms with Gasteiger partial charge in [-0.05, 0) is 26.0 Å². The van der Waals surface area contributed by atoms with Gasteiger partial charge in [-0.1, -0.05) is 0 Å². The Balaban J connectivity index is 2.26. The highest BCUT2D eigenvalue weighted by Gasteiger charge is 2.34. The molecule has 1 saturated heterocycles. The van der Waals surface area contributed by atoms with Crippen molar-refractivity contribution >= 4 is 5.82 Å². The fraction of sp³-hybridized carbons (Fsp3) is 0.571. The molecule has 0 bridgehead atoms. The monoisotopic (exact) mass is 261 g/mol. The standard InChI is InChI=1S/C14H19N3O2/c1-14(2)10-17(8-12(19-14)9-18-3)13-11(7-15)5-4-6-16-13/h4-6,12H,8-10H2,1-3H3/t12-/m1/s1. The number of pyridine rings is 1. The van der Waals surface area contributed by atoms with Gasteiger partial charge in [-0.25, -0.2) is 4.98 Å². The molecule has 1 aliphatic rings. The molecule has 1 aromatic rings. The normalized spacial score (nSPS) is 22.0. The van der Waals surface area contributed by atoms with E-state index >= 15 is 0 Å². The third kappa shape index (κ3) is 3.22. The van der Waals surface area contributed by atoms with Crippen molar-refractivity contribution in [1.82, 2.24) is 4.98 Å². The van der Waals surface area contributed by atoms with Crippen LogP contribution in [0.2, 0.25) is 0 Å². The Bertz CT molecular complexity index is 482. The lowest BCUT2D eigenvalue weighted by molar-refractivity contribution is -0.106. The summed E-state index contributed by atoms with van der Waals surface area (Å²) in [6.07, 6.45) is 1.70. The van der Waals surface area contributed by atoms with Crippen molar-refractivity contribution in [2.75, 3.05) is 31.7 Å². The first-order valence-corrected chi connectivity index (χ1v) is 6.32. The van der Waals surface area contributed by atoms with Crippen LogP contribution in [0.25, 0.3) is 0 Å². The Hall–Kier alpha value is -1.64. The minimum atomic E-state index is -0.286. The van der Waals surface area contributed by atoms with E-state index in [9.17, 15) is 5.26 Å². The molecule has 1 fully saturated rings. The Morgan fingerprint density at radius 1 is 1.63 bits per heavy atom. The second-order valence-electron chi connectivity index (χ2n) is 5.32. The van der Waals surface area contributed by atoms with Crippen LogP contribution in [0.15, 0.2) is 18.3 Å². The van der Waals surface area contributed by atoms with Crippen molar-refractivity contribution in [1.29, 1.82) is 5.26 Å². The highest BCUT2D eigenvalue weighted by molar-refractivity contribution is 5.54. The van der Waals surface area contributed by atoms with E-state index in [0.29, 0.717) is 25.3 Å². The molecular formula is C14H19N3O2. The summed E-state index contributed by atoms with van der Waals surface area (Å²) in [5, 5.41) is 9.18. The zero-order valence-corrected chi connectivity index (χ0v) is 11.6. The summed E-state index contributed by atoms with van der Waals surface area (Å²) < 4.78 is 11.1. The molecule has 0 aromatic carbocycles. The van der Waals surface area contributed by atoms with Crippen molar-refractivity contribution in [3.8, 4) is 6.07 Å². The van der Waals surface area contributed by atoms with E-state index in [-0.39, 0.29) is 11.7 Å². The number of aromatic nitrogens is 1. The molecule has 0 saturated carbocycles. The van der Waals surface area contributed by atoms with Crippen LogP contribution >= 0.6 is 0 Å². The SMILES string of the molecule is COC[C@H]1CN(c2ncccc2C#N)CC(C)(C)O1. The lowest BCUT2D eigenvalue weighted by atomic mass is 10.0. The van der Waals surface area contributed by atoms with Crippen molar-refractivity contribution in [3.05, 3.63) is 23.9 Å². The fourth-order valence-electron chi connectivity index (χ4n) is 2.47. The summed E-state index contributed by atoms with van der Waals surface area (Å²) in [4.78, 5) is 6.44. The Morgan fingerprint density at radius 3 is 3.11 bits per heavy atom. The van der Waals surface area contributed by atoms with Gasteiger partial charge in [0.25, 0.3) is 0 Å². The minimum Gasteiger partial charge on any atom is -0.382 e. The fourth-order valence-corrected chi connectivity index (χ4v) is 2.47. The molecule has 1 aromatic heterocycles. The molecule has 5 nitrogen and oxygen atoms in total. The topological polar surface area (TPSA) is 58.4 Å². The molecule has 1 aliphatic heterocycles. The summed E-state index contributed by atoms with van der Waals surface area (Å²) in [5.41, 5.74) is 0.308. The second-order valence-corrected chi connectivity index (χ2v) is 5.32. The first kappa shape index (κ1) is 13.8. The molecule has 2 rings (SSSR count). The highest BCUT2D eigenvalue weighted by Crippen LogP contribution is 2.26. The largest absolute Gasteiger partial charge is 0.382 e. The van der Waals surface area contributed by atoms with Gasteiger partial charge in [0.15, 0.2) is 0 Å². The number of methoxy groups -OCH3 is 1. The van der Waals surface area contributed by atoms with Crippen molar-refractivity contribution < 1.29 is 9.47 Å². The van der Waals surface area contributed by atoms with Crippen LogP contribution in [0.5, 0.6) is 0 Å². The zero-order chi connectivity index (χ0) is 13.9. The van der Waals surface area contributed by atoms with Gasteiger partial charge in [0, 0.05) is 26.4 Å². The van der Waals surface area contributed by atoms with Crippen LogP contribution in [0.4, 0.5) is 5.82 Å². The zero-order valence-electron chi connectivity index (χ0n) is 11.6. The lowest BCUT2D eigenvalue weighted by Gasteiger charge is -2.43. The molecule has 2 heterocycles. The van der Waals surface area contributed by atoms with Crippen LogP contribution in [-0.2, 0) is 9.47 Å². The van der Waals surface area contributed by atoms with Gasteiger partial charge >= 0.3 is 0 Å². The number of ether oxygens (including phenoxy) is 2. The smallest absolute Gasteiger partial charge is 0.146 e. The molecule has 5 heteroatoms. The molecule has 1 atom stereocenters. The summed E-state index contributed by atoms with van der Waals surface area (Å²) in [6, 6.07) is 5.76. The van der Waals surface area contributed by atoms with E-state index in [1.54, 1.807) is 25.4 Å². The minimum absolute atomic E-state index is 0.0118. The Morgan fingerprint density at radius 2 is 2.42 bits per heavy atom. The predicted octanol–water partition coefficient (Wildman–Crippen LogP) is 1.58.